The van der Waals surface area contributed by atoms with Crippen LogP contribution in [0, 0.1) is 0 Å². The first-order chi connectivity index (χ1) is 12.0. The quantitative estimate of drug-likeness (QED) is 0.777. The molecule has 0 aliphatic rings. The van der Waals surface area contributed by atoms with Crippen LogP contribution < -0.4 is 10.5 Å². The lowest BCUT2D eigenvalue weighted by Crippen LogP contribution is -2.26. The van der Waals surface area contributed by atoms with Gasteiger partial charge in [0.25, 0.3) is 5.56 Å². The van der Waals surface area contributed by atoms with Crippen molar-refractivity contribution < 1.29 is 0 Å². The fraction of sp³-hybridized carbons (Fsp3) is 0.300. The molecule has 5 nitrogen and oxygen atoms in total. The van der Waals surface area contributed by atoms with Crippen LogP contribution in [0.25, 0.3) is 10.9 Å². The van der Waals surface area contributed by atoms with E-state index in [0.29, 0.717) is 11.2 Å². The predicted molar refractivity (Wildman–Crippen MR) is 103 cm³/mol. The van der Waals surface area contributed by atoms with Crippen LogP contribution in [0.15, 0.2) is 53.3 Å². The molecular weight excluding hydrogens is 312 g/mol. The van der Waals surface area contributed by atoms with Gasteiger partial charge in [0.05, 0.1) is 16.9 Å². The van der Waals surface area contributed by atoms with Gasteiger partial charge in [-0.2, -0.15) is 0 Å². The standard InChI is InChI=1S/C20H24N4O/c1-14(19-21-18-8-6-5-7-17(18)20(25)22-19)24(4)13-15-9-11-16(12-10-15)23(2)3/h5-12,14H,13H2,1-4H3,(H,21,22,25)/t14-/m1/s1. The third-order valence-corrected chi connectivity index (χ3v) is 4.57. The van der Waals surface area contributed by atoms with Crippen LogP contribution in [0.5, 0.6) is 0 Å². The Morgan fingerprint density at radius 1 is 1.04 bits per heavy atom. The highest BCUT2D eigenvalue weighted by atomic mass is 16.1. The molecule has 25 heavy (non-hydrogen) atoms. The van der Waals surface area contributed by atoms with Crippen molar-refractivity contribution in [3.63, 3.8) is 0 Å². The average Bonchev–Trinajstić information content (AvgIpc) is 2.61. The van der Waals surface area contributed by atoms with Crippen LogP contribution in [0.3, 0.4) is 0 Å². The van der Waals surface area contributed by atoms with Crippen LogP contribution >= 0.6 is 0 Å². The highest BCUT2D eigenvalue weighted by Gasteiger charge is 2.16. The number of nitrogens with one attached hydrogen (secondary N) is 1. The lowest BCUT2D eigenvalue weighted by molar-refractivity contribution is 0.244. The maximum atomic E-state index is 12.3. The second-order valence-corrected chi connectivity index (χ2v) is 6.62. The molecule has 1 N–H and O–H groups in total. The van der Waals surface area contributed by atoms with Crippen LogP contribution in [0.2, 0.25) is 0 Å². The Labute approximate surface area is 147 Å². The molecule has 3 aromatic rings. The first kappa shape index (κ1) is 17.2. The number of aromatic amines is 1. The van der Waals surface area contributed by atoms with E-state index in [4.69, 9.17) is 0 Å². The maximum Gasteiger partial charge on any atom is 0.258 e. The highest BCUT2D eigenvalue weighted by molar-refractivity contribution is 5.77. The largest absolute Gasteiger partial charge is 0.378 e. The van der Waals surface area contributed by atoms with Gasteiger partial charge >= 0.3 is 0 Å². The van der Waals surface area contributed by atoms with Gasteiger partial charge in [-0.15, -0.1) is 0 Å². The Bertz CT molecular complexity index is 915. The SMILES string of the molecule is C[C@H](c1nc2ccccc2c(=O)[nH]1)N(C)Cc1ccc(N(C)C)cc1. The summed E-state index contributed by atoms with van der Waals surface area (Å²) in [7, 11) is 6.11. The van der Waals surface area contributed by atoms with E-state index in [1.807, 2.05) is 39.3 Å². The molecule has 0 radical (unpaired) electrons. The van der Waals surface area contributed by atoms with Crippen molar-refractivity contribution in [3.05, 3.63) is 70.3 Å². The molecule has 5 heteroatoms. The number of aromatic nitrogens is 2. The molecule has 0 unspecified atom stereocenters. The Kier molecular flexibility index (Phi) is 4.86. The summed E-state index contributed by atoms with van der Waals surface area (Å²) < 4.78 is 0. The van der Waals surface area contributed by atoms with Gasteiger partial charge in [-0.3, -0.25) is 9.69 Å². The summed E-state index contributed by atoms with van der Waals surface area (Å²) in [6.45, 7) is 2.84. The van der Waals surface area contributed by atoms with Crippen LogP contribution in [-0.2, 0) is 6.54 Å². The number of hydrogen-bond acceptors (Lipinski definition) is 4. The first-order valence-corrected chi connectivity index (χ1v) is 8.41. The van der Waals surface area contributed by atoms with E-state index in [-0.39, 0.29) is 11.6 Å². The van der Waals surface area contributed by atoms with E-state index >= 15 is 0 Å². The smallest absolute Gasteiger partial charge is 0.258 e. The van der Waals surface area contributed by atoms with E-state index in [1.165, 1.54) is 11.3 Å². The second-order valence-electron chi connectivity index (χ2n) is 6.62. The van der Waals surface area contributed by atoms with Gasteiger partial charge in [-0.1, -0.05) is 24.3 Å². The van der Waals surface area contributed by atoms with E-state index in [2.05, 4.69) is 51.0 Å². The number of hydrogen-bond donors (Lipinski definition) is 1. The minimum Gasteiger partial charge on any atom is -0.378 e. The number of H-pyrrole nitrogens is 1. The van der Waals surface area contributed by atoms with Gasteiger partial charge in [0.1, 0.15) is 5.82 Å². The normalized spacial score (nSPS) is 12.5. The third-order valence-electron chi connectivity index (χ3n) is 4.57. The number of anilines is 1. The third kappa shape index (κ3) is 3.72. The molecule has 1 heterocycles. The molecule has 3 rings (SSSR count). The van der Waals surface area contributed by atoms with E-state index in [0.717, 1.165) is 12.1 Å². The fourth-order valence-electron chi connectivity index (χ4n) is 2.84. The van der Waals surface area contributed by atoms with Crippen molar-refractivity contribution in [3.8, 4) is 0 Å². The summed E-state index contributed by atoms with van der Waals surface area (Å²) in [6, 6.07) is 15.9. The minimum absolute atomic E-state index is 0.00540. The summed E-state index contributed by atoms with van der Waals surface area (Å²) in [4.78, 5) is 24.1. The zero-order valence-electron chi connectivity index (χ0n) is 15.2. The molecule has 2 aromatic carbocycles. The number of nitrogens with zero attached hydrogens (tertiary/aromatic N) is 3. The van der Waals surface area contributed by atoms with Gasteiger partial charge < -0.3 is 9.88 Å². The molecule has 0 bridgehead atoms. The van der Waals surface area contributed by atoms with E-state index in [1.54, 1.807) is 6.07 Å². The fourth-order valence-corrected chi connectivity index (χ4v) is 2.84. The lowest BCUT2D eigenvalue weighted by Gasteiger charge is -2.24. The molecule has 1 aromatic heterocycles. The molecule has 0 aliphatic heterocycles. The van der Waals surface area contributed by atoms with Crippen molar-refractivity contribution in [1.29, 1.82) is 0 Å². The molecule has 130 valence electrons. The molecule has 0 aliphatic carbocycles. The van der Waals surface area contributed by atoms with Crippen LogP contribution in [0.4, 0.5) is 5.69 Å². The molecule has 1 atom stereocenters. The molecule has 0 spiro atoms. The zero-order valence-corrected chi connectivity index (χ0v) is 15.2. The zero-order chi connectivity index (χ0) is 18.0. The number of rotatable bonds is 5. The summed E-state index contributed by atoms with van der Waals surface area (Å²) in [6.07, 6.45) is 0. The Morgan fingerprint density at radius 3 is 2.40 bits per heavy atom. The molecule has 0 saturated carbocycles. The molecule has 0 saturated heterocycles. The Morgan fingerprint density at radius 2 is 1.72 bits per heavy atom. The predicted octanol–water partition coefficient (Wildman–Crippen LogP) is 3.18. The van der Waals surface area contributed by atoms with E-state index in [9.17, 15) is 4.79 Å². The molecule has 0 amide bonds. The second kappa shape index (κ2) is 7.07. The summed E-state index contributed by atoms with van der Waals surface area (Å²) in [5.41, 5.74) is 3.05. The summed E-state index contributed by atoms with van der Waals surface area (Å²) in [5.74, 6) is 0.691. The van der Waals surface area contributed by atoms with Crippen molar-refractivity contribution in [2.24, 2.45) is 0 Å². The van der Waals surface area contributed by atoms with Crippen molar-refractivity contribution in [2.75, 3.05) is 26.0 Å². The summed E-state index contributed by atoms with van der Waals surface area (Å²) >= 11 is 0. The number of para-hydroxylation sites is 1. The van der Waals surface area contributed by atoms with E-state index < -0.39 is 0 Å². The van der Waals surface area contributed by atoms with Crippen molar-refractivity contribution in [2.45, 2.75) is 19.5 Å². The Hall–Kier alpha value is -2.66. The van der Waals surface area contributed by atoms with Crippen molar-refractivity contribution in [1.82, 2.24) is 14.9 Å². The lowest BCUT2D eigenvalue weighted by atomic mass is 10.1. The van der Waals surface area contributed by atoms with Crippen molar-refractivity contribution >= 4 is 16.6 Å². The molecular formula is C20H24N4O. The minimum atomic E-state index is -0.0869. The monoisotopic (exact) mass is 336 g/mol. The van der Waals surface area contributed by atoms with Crippen LogP contribution in [-0.4, -0.2) is 36.0 Å². The van der Waals surface area contributed by atoms with Gasteiger partial charge in [-0.25, -0.2) is 4.98 Å². The topological polar surface area (TPSA) is 52.2 Å². The van der Waals surface area contributed by atoms with Gasteiger partial charge in [0, 0.05) is 26.3 Å². The summed E-state index contributed by atoms with van der Waals surface area (Å²) in [5, 5.41) is 0.625. The number of fused-ring (bicyclic) bond motifs is 1. The number of benzene rings is 2. The maximum absolute atomic E-state index is 12.3. The highest BCUT2D eigenvalue weighted by Crippen LogP contribution is 2.20. The van der Waals surface area contributed by atoms with Gasteiger partial charge in [-0.05, 0) is 43.8 Å². The van der Waals surface area contributed by atoms with Gasteiger partial charge in [0.15, 0.2) is 0 Å². The van der Waals surface area contributed by atoms with Crippen LogP contribution in [0.1, 0.15) is 24.4 Å². The average molecular weight is 336 g/mol. The first-order valence-electron chi connectivity index (χ1n) is 8.41. The Balaban J connectivity index is 1.80. The van der Waals surface area contributed by atoms with Gasteiger partial charge in [0.2, 0.25) is 0 Å². The molecule has 0 fully saturated rings.